The summed E-state index contributed by atoms with van der Waals surface area (Å²) in [5.74, 6) is 1.20. The van der Waals surface area contributed by atoms with Crippen LogP contribution in [0.25, 0.3) is 39.5 Å². The van der Waals surface area contributed by atoms with Gasteiger partial charge in [0.25, 0.3) is 0 Å². The Hall–Kier alpha value is -4.03. The molecule has 5 aromatic rings. The van der Waals surface area contributed by atoms with Crippen molar-refractivity contribution in [2.24, 2.45) is 5.41 Å². The number of fused-ring (bicyclic) bond motifs is 1. The minimum Gasteiger partial charge on any atom is -0.383 e. The van der Waals surface area contributed by atoms with E-state index < -0.39 is 0 Å². The van der Waals surface area contributed by atoms with Gasteiger partial charge in [-0.3, -0.25) is 9.47 Å². The first-order valence-corrected chi connectivity index (χ1v) is 14.6. The SMILES string of the molecule is CCCC1(CC)CCN(Cc2ccc(-n3c(-c4cccnc4N)nc4ccc(-c5ccccc5)nc43)cc2)CC1. The minimum atomic E-state index is 0.454. The van der Waals surface area contributed by atoms with Crippen LogP contribution in [-0.4, -0.2) is 37.5 Å². The number of pyridine rings is 2. The monoisotopic (exact) mass is 530 g/mol. The third-order valence-corrected chi connectivity index (χ3v) is 8.70. The molecule has 0 spiro atoms. The number of likely N-dealkylation sites (tertiary alicyclic amines) is 1. The molecule has 0 aliphatic carbocycles. The van der Waals surface area contributed by atoms with Gasteiger partial charge in [-0.2, -0.15) is 0 Å². The Kier molecular flexibility index (Phi) is 7.35. The Morgan fingerprint density at radius 1 is 0.850 bits per heavy atom. The van der Waals surface area contributed by atoms with Crippen molar-refractivity contribution >= 4 is 17.0 Å². The van der Waals surface area contributed by atoms with Gasteiger partial charge >= 0.3 is 0 Å². The van der Waals surface area contributed by atoms with E-state index in [1.807, 2.05) is 42.5 Å². The normalized spacial score (nSPS) is 15.4. The Bertz CT molecular complexity index is 1580. The molecule has 2 N–H and O–H groups in total. The van der Waals surface area contributed by atoms with Crippen LogP contribution in [0, 0.1) is 5.41 Å². The third kappa shape index (κ3) is 5.11. The summed E-state index contributed by atoms with van der Waals surface area (Å²) in [6.07, 6.45) is 8.26. The molecular weight excluding hydrogens is 492 g/mol. The summed E-state index contributed by atoms with van der Waals surface area (Å²) < 4.78 is 2.11. The fourth-order valence-electron chi connectivity index (χ4n) is 6.26. The van der Waals surface area contributed by atoms with E-state index in [1.54, 1.807) is 6.20 Å². The molecule has 204 valence electrons. The smallest absolute Gasteiger partial charge is 0.165 e. The van der Waals surface area contributed by atoms with Gasteiger partial charge in [0.15, 0.2) is 11.5 Å². The highest BCUT2D eigenvalue weighted by atomic mass is 15.1. The van der Waals surface area contributed by atoms with E-state index in [-0.39, 0.29) is 0 Å². The lowest BCUT2D eigenvalue weighted by atomic mass is 9.73. The van der Waals surface area contributed by atoms with Crippen LogP contribution in [0.15, 0.2) is 85.1 Å². The molecule has 1 fully saturated rings. The average Bonchev–Trinajstić information content (AvgIpc) is 3.38. The Morgan fingerprint density at radius 3 is 2.33 bits per heavy atom. The molecule has 40 heavy (non-hydrogen) atoms. The standard InChI is InChI=1S/C34H38N6/c1-3-18-34(4-2)19-22-39(23-20-34)24-25-12-14-27(15-13-25)40-32(28-11-8-21-36-31(28)35)38-30-17-16-29(37-33(30)40)26-9-6-5-7-10-26/h5-17,21H,3-4,18-20,22-24H2,1-2H3,(H2,35,36). The van der Waals surface area contributed by atoms with Crippen molar-refractivity contribution in [3.8, 4) is 28.3 Å². The van der Waals surface area contributed by atoms with E-state index in [0.29, 0.717) is 11.2 Å². The highest BCUT2D eigenvalue weighted by Crippen LogP contribution is 2.39. The average molecular weight is 531 g/mol. The van der Waals surface area contributed by atoms with Gasteiger partial charge in [-0.15, -0.1) is 0 Å². The molecule has 6 nitrogen and oxygen atoms in total. The van der Waals surface area contributed by atoms with Crippen LogP contribution < -0.4 is 5.73 Å². The topological polar surface area (TPSA) is 72.9 Å². The molecule has 6 rings (SSSR count). The molecule has 1 aliphatic heterocycles. The summed E-state index contributed by atoms with van der Waals surface area (Å²) in [5, 5.41) is 0. The summed E-state index contributed by atoms with van der Waals surface area (Å²) in [4.78, 5) is 17.0. The lowest BCUT2D eigenvalue weighted by molar-refractivity contribution is 0.0859. The van der Waals surface area contributed by atoms with Gasteiger partial charge in [-0.1, -0.05) is 69.2 Å². The van der Waals surface area contributed by atoms with Crippen molar-refractivity contribution in [1.29, 1.82) is 0 Å². The van der Waals surface area contributed by atoms with E-state index in [2.05, 4.69) is 64.7 Å². The predicted molar refractivity (Wildman–Crippen MR) is 164 cm³/mol. The maximum atomic E-state index is 6.33. The fourth-order valence-corrected chi connectivity index (χ4v) is 6.26. The zero-order chi connectivity index (χ0) is 27.5. The summed E-state index contributed by atoms with van der Waals surface area (Å²) in [6, 6.07) is 27.0. The molecule has 0 unspecified atom stereocenters. The molecule has 0 saturated carbocycles. The number of anilines is 1. The van der Waals surface area contributed by atoms with Crippen LogP contribution in [-0.2, 0) is 6.54 Å². The largest absolute Gasteiger partial charge is 0.383 e. The lowest BCUT2D eigenvalue weighted by Crippen LogP contribution is -2.39. The Morgan fingerprint density at radius 2 is 1.62 bits per heavy atom. The number of hydrogen-bond donors (Lipinski definition) is 1. The van der Waals surface area contributed by atoms with Crippen molar-refractivity contribution in [2.75, 3.05) is 18.8 Å². The zero-order valence-electron chi connectivity index (χ0n) is 23.6. The maximum Gasteiger partial charge on any atom is 0.165 e. The number of rotatable bonds is 8. The van der Waals surface area contributed by atoms with E-state index >= 15 is 0 Å². The van der Waals surface area contributed by atoms with E-state index in [4.69, 9.17) is 15.7 Å². The number of nitrogen functional groups attached to an aromatic ring is 1. The van der Waals surface area contributed by atoms with Gasteiger partial charge in [0.1, 0.15) is 11.3 Å². The van der Waals surface area contributed by atoms with Crippen molar-refractivity contribution < 1.29 is 0 Å². The second-order valence-corrected chi connectivity index (χ2v) is 11.2. The van der Waals surface area contributed by atoms with E-state index in [1.165, 1.54) is 50.8 Å². The number of nitrogens with zero attached hydrogens (tertiary/aromatic N) is 5. The van der Waals surface area contributed by atoms with Crippen LogP contribution in [0.3, 0.4) is 0 Å². The molecule has 0 bridgehead atoms. The molecule has 6 heteroatoms. The maximum absolute atomic E-state index is 6.33. The molecule has 0 amide bonds. The van der Waals surface area contributed by atoms with E-state index in [9.17, 15) is 0 Å². The summed E-state index contributed by atoms with van der Waals surface area (Å²) in [5.41, 5.74) is 13.6. The van der Waals surface area contributed by atoms with Gasteiger partial charge in [0, 0.05) is 24.0 Å². The molecule has 0 atom stereocenters. The van der Waals surface area contributed by atoms with Gasteiger partial charge in [-0.25, -0.2) is 15.0 Å². The summed E-state index contributed by atoms with van der Waals surface area (Å²) >= 11 is 0. The van der Waals surface area contributed by atoms with Crippen LogP contribution in [0.4, 0.5) is 5.82 Å². The molecule has 4 heterocycles. The van der Waals surface area contributed by atoms with Gasteiger partial charge in [0.2, 0.25) is 0 Å². The molecule has 3 aromatic heterocycles. The van der Waals surface area contributed by atoms with Gasteiger partial charge in [-0.05, 0) is 79.7 Å². The number of aromatic nitrogens is 4. The molecular formula is C34H38N6. The lowest BCUT2D eigenvalue weighted by Gasteiger charge is -2.41. The molecule has 0 radical (unpaired) electrons. The molecule has 2 aromatic carbocycles. The third-order valence-electron chi connectivity index (χ3n) is 8.70. The van der Waals surface area contributed by atoms with Crippen molar-refractivity contribution in [3.63, 3.8) is 0 Å². The highest BCUT2D eigenvalue weighted by molar-refractivity contribution is 5.84. The quantitative estimate of drug-likeness (QED) is 0.225. The molecule has 1 aliphatic rings. The molecule has 1 saturated heterocycles. The van der Waals surface area contributed by atoms with Gasteiger partial charge in [0.05, 0.1) is 11.3 Å². The van der Waals surface area contributed by atoms with Crippen LogP contribution in [0.5, 0.6) is 0 Å². The second-order valence-electron chi connectivity index (χ2n) is 11.2. The van der Waals surface area contributed by atoms with Crippen LogP contribution >= 0.6 is 0 Å². The van der Waals surface area contributed by atoms with Crippen LogP contribution in [0.2, 0.25) is 0 Å². The Labute approximate surface area is 236 Å². The number of imidazole rings is 1. The number of hydrogen-bond acceptors (Lipinski definition) is 5. The summed E-state index contributed by atoms with van der Waals surface area (Å²) in [7, 11) is 0. The van der Waals surface area contributed by atoms with Gasteiger partial charge < -0.3 is 5.73 Å². The highest BCUT2D eigenvalue weighted by Gasteiger charge is 2.31. The Balaban J connectivity index is 1.34. The van der Waals surface area contributed by atoms with Crippen molar-refractivity contribution in [1.82, 2.24) is 24.4 Å². The van der Waals surface area contributed by atoms with Crippen LogP contribution in [0.1, 0.15) is 51.5 Å². The first-order valence-electron chi connectivity index (χ1n) is 14.6. The van der Waals surface area contributed by atoms with Crippen molar-refractivity contribution in [3.05, 3.63) is 90.6 Å². The number of piperidine rings is 1. The first kappa shape index (κ1) is 26.2. The fraction of sp³-hybridized carbons (Fsp3) is 0.324. The zero-order valence-corrected chi connectivity index (χ0v) is 23.6. The first-order chi connectivity index (χ1) is 19.6. The minimum absolute atomic E-state index is 0.454. The summed E-state index contributed by atoms with van der Waals surface area (Å²) in [6.45, 7) is 8.03. The number of nitrogens with two attached hydrogens (primary N) is 1. The van der Waals surface area contributed by atoms with E-state index in [0.717, 1.165) is 46.0 Å². The predicted octanol–water partition coefficient (Wildman–Crippen LogP) is 7.52. The number of benzene rings is 2. The van der Waals surface area contributed by atoms with Crippen molar-refractivity contribution in [2.45, 2.75) is 52.5 Å². The second kappa shape index (κ2) is 11.2.